The second-order valence-corrected chi connectivity index (χ2v) is 14.0. The molecule has 12 heteroatoms. The number of aliphatic hydroxyl groups excluding tert-OH is 1. The van der Waals surface area contributed by atoms with E-state index >= 15 is 0 Å². The molecule has 0 aliphatic carbocycles. The third kappa shape index (κ3) is 6.35. The zero-order chi connectivity index (χ0) is 27.5. The summed E-state index contributed by atoms with van der Waals surface area (Å²) < 4.78 is 33.7. The predicted octanol–water partition coefficient (Wildman–Crippen LogP) is 3.83. The number of amidine groups is 1. The molecule has 5 aliphatic rings. The van der Waals surface area contributed by atoms with Gasteiger partial charge in [-0.1, -0.05) is 17.4 Å². The maximum absolute atomic E-state index is 12.4. The molecule has 0 saturated carbocycles. The van der Waals surface area contributed by atoms with Gasteiger partial charge in [-0.25, -0.2) is 13.4 Å². The highest BCUT2D eigenvalue weighted by Gasteiger charge is 2.29. The van der Waals surface area contributed by atoms with E-state index in [4.69, 9.17) is 14.8 Å². The Bertz CT molecular complexity index is 1350. The summed E-state index contributed by atoms with van der Waals surface area (Å²) in [6.07, 6.45) is 11.7. The summed E-state index contributed by atoms with van der Waals surface area (Å²) in [6.45, 7) is 4.13. The summed E-state index contributed by atoms with van der Waals surface area (Å²) in [5, 5.41) is 20.2. The van der Waals surface area contributed by atoms with Crippen LogP contribution in [-0.4, -0.2) is 85.7 Å². The lowest BCUT2D eigenvalue weighted by molar-refractivity contribution is 0.0322. The third-order valence-corrected chi connectivity index (χ3v) is 10.7. The fourth-order valence-electron chi connectivity index (χ4n) is 6.23. The summed E-state index contributed by atoms with van der Waals surface area (Å²) in [5.74, 6) is 1.62. The molecule has 10 nitrogen and oxygen atoms in total. The van der Waals surface area contributed by atoms with Crippen molar-refractivity contribution in [2.75, 3.05) is 54.8 Å². The Labute approximate surface area is 240 Å². The van der Waals surface area contributed by atoms with Crippen LogP contribution in [0, 0.1) is 5.92 Å². The SMILES string of the molecule is O=S(=O)(CCO)Nc1ccc2c(c1)N1CCC(CC1)OCCCC1CCCN(C1)C1=NC=CC(C1)c1nnc-2s1. The number of sulfonamides is 1. The van der Waals surface area contributed by atoms with Crippen molar-refractivity contribution in [1.29, 1.82) is 0 Å². The van der Waals surface area contributed by atoms with Gasteiger partial charge in [0.1, 0.15) is 15.9 Å². The molecular weight excluding hydrogens is 548 g/mol. The molecule has 0 radical (unpaired) electrons. The van der Waals surface area contributed by atoms with Gasteiger partial charge in [0.2, 0.25) is 10.0 Å². The highest BCUT2D eigenvalue weighted by Crippen LogP contribution is 2.39. The Morgan fingerprint density at radius 1 is 1.07 bits per heavy atom. The van der Waals surface area contributed by atoms with Crippen LogP contribution in [0.2, 0.25) is 0 Å². The number of nitrogens with zero attached hydrogens (tertiary/aromatic N) is 5. The molecule has 2 N–H and O–H groups in total. The summed E-state index contributed by atoms with van der Waals surface area (Å²) in [6, 6.07) is 5.57. The Balaban J connectivity index is 1.32. The topological polar surface area (TPSA) is 120 Å². The van der Waals surface area contributed by atoms with Crippen LogP contribution < -0.4 is 9.62 Å². The molecule has 216 valence electrons. The highest BCUT2D eigenvalue weighted by molar-refractivity contribution is 7.92. The lowest BCUT2D eigenvalue weighted by atomic mass is 9.92. The van der Waals surface area contributed by atoms with Gasteiger partial charge in [0, 0.05) is 62.6 Å². The number of anilines is 2. The summed E-state index contributed by atoms with van der Waals surface area (Å²) >= 11 is 1.60. The van der Waals surface area contributed by atoms with Gasteiger partial charge in [0.05, 0.1) is 24.2 Å². The normalized spacial score (nSPS) is 25.4. The van der Waals surface area contributed by atoms with Crippen LogP contribution in [0.15, 0.2) is 35.5 Å². The fraction of sp³-hybridized carbons (Fsp3) is 0.607. The Kier molecular flexibility index (Phi) is 8.38. The molecule has 6 heterocycles. The van der Waals surface area contributed by atoms with Crippen LogP contribution in [0.1, 0.15) is 55.9 Å². The van der Waals surface area contributed by atoms with Gasteiger partial charge >= 0.3 is 0 Å². The van der Waals surface area contributed by atoms with E-state index in [1.807, 2.05) is 18.3 Å². The average molecular weight is 587 g/mol. The fourth-order valence-corrected chi connectivity index (χ4v) is 8.02. The smallest absolute Gasteiger partial charge is 0.234 e. The molecule has 0 spiro atoms. The zero-order valence-electron chi connectivity index (χ0n) is 22.7. The van der Waals surface area contributed by atoms with E-state index in [1.54, 1.807) is 17.4 Å². The largest absolute Gasteiger partial charge is 0.395 e. The number of aliphatic hydroxyl groups is 1. The number of rotatable bonds is 4. The molecule has 5 aliphatic heterocycles. The summed E-state index contributed by atoms with van der Waals surface area (Å²) in [7, 11) is -3.64. The van der Waals surface area contributed by atoms with E-state index < -0.39 is 16.6 Å². The number of benzene rings is 1. The van der Waals surface area contributed by atoms with Crippen molar-refractivity contribution in [3.63, 3.8) is 0 Å². The van der Waals surface area contributed by atoms with Crippen molar-refractivity contribution in [3.05, 3.63) is 35.5 Å². The van der Waals surface area contributed by atoms with Crippen LogP contribution in [0.4, 0.5) is 11.4 Å². The van der Waals surface area contributed by atoms with Gasteiger partial charge in [-0.2, -0.15) is 0 Å². The second kappa shape index (κ2) is 12.1. The molecule has 2 atom stereocenters. The number of aromatic nitrogens is 2. The number of ether oxygens (including phenoxy) is 1. The van der Waals surface area contributed by atoms with Gasteiger partial charge in [-0.15, -0.1) is 10.2 Å². The van der Waals surface area contributed by atoms with Crippen molar-refractivity contribution in [2.24, 2.45) is 10.9 Å². The van der Waals surface area contributed by atoms with Crippen molar-refractivity contribution in [2.45, 2.75) is 57.0 Å². The van der Waals surface area contributed by atoms with E-state index in [-0.39, 0.29) is 17.8 Å². The van der Waals surface area contributed by atoms with E-state index in [2.05, 4.69) is 30.8 Å². The molecule has 40 heavy (non-hydrogen) atoms. The maximum Gasteiger partial charge on any atom is 0.234 e. The van der Waals surface area contributed by atoms with Crippen LogP contribution in [0.25, 0.3) is 10.6 Å². The van der Waals surface area contributed by atoms with Crippen LogP contribution in [0.3, 0.4) is 0 Å². The lowest BCUT2D eigenvalue weighted by Gasteiger charge is -2.36. The Morgan fingerprint density at radius 2 is 1.93 bits per heavy atom. The summed E-state index contributed by atoms with van der Waals surface area (Å²) in [4.78, 5) is 9.55. The third-order valence-electron chi connectivity index (χ3n) is 8.34. The van der Waals surface area contributed by atoms with Crippen molar-refractivity contribution < 1.29 is 18.3 Å². The molecule has 2 aromatic rings. The number of fused-ring (bicyclic) bond motifs is 5. The molecule has 2 saturated heterocycles. The lowest BCUT2D eigenvalue weighted by Crippen LogP contribution is -2.41. The van der Waals surface area contributed by atoms with Gasteiger partial charge in [-0.05, 0) is 62.6 Å². The number of aliphatic imine (C=N–C) groups is 1. The van der Waals surface area contributed by atoms with Crippen molar-refractivity contribution in [3.8, 4) is 10.6 Å². The van der Waals surface area contributed by atoms with Gasteiger partial charge in [-0.3, -0.25) is 4.72 Å². The number of hydrogen-bond acceptors (Lipinski definition) is 10. The highest BCUT2D eigenvalue weighted by atomic mass is 32.2. The molecule has 0 amide bonds. The zero-order valence-corrected chi connectivity index (χ0v) is 24.4. The van der Waals surface area contributed by atoms with Crippen LogP contribution in [-0.2, 0) is 14.8 Å². The van der Waals surface area contributed by atoms with E-state index in [1.165, 1.54) is 19.3 Å². The molecule has 1 aromatic heterocycles. The average Bonchev–Trinajstić information content (AvgIpc) is 3.46. The monoisotopic (exact) mass is 586 g/mol. The predicted molar refractivity (Wildman–Crippen MR) is 158 cm³/mol. The van der Waals surface area contributed by atoms with E-state index in [0.717, 1.165) is 85.6 Å². The number of hydrogen-bond donors (Lipinski definition) is 2. The first-order valence-corrected chi connectivity index (χ1v) is 16.9. The first-order valence-electron chi connectivity index (χ1n) is 14.4. The first kappa shape index (κ1) is 27.6. The van der Waals surface area contributed by atoms with Crippen LogP contribution in [0.5, 0.6) is 0 Å². The minimum atomic E-state index is -3.64. The number of piperidine rings is 2. The number of nitrogens with one attached hydrogen (secondary N) is 1. The summed E-state index contributed by atoms with van der Waals surface area (Å²) in [5.41, 5.74) is 2.35. The first-order chi connectivity index (χ1) is 19.5. The molecule has 1 aromatic carbocycles. The van der Waals surface area contributed by atoms with Crippen LogP contribution >= 0.6 is 11.3 Å². The molecule has 7 rings (SSSR count). The van der Waals surface area contributed by atoms with Gasteiger partial charge in [0.15, 0.2) is 0 Å². The Morgan fingerprint density at radius 3 is 2.77 bits per heavy atom. The quantitative estimate of drug-likeness (QED) is 0.555. The molecular formula is C28H38N6O4S2. The second-order valence-electron chi connectivity index (χ2n) is 11.2. The maximum atomic E-state index is 12.4. The van der Waals surface area contributed by atoms with E-state index in [9.17, 15) is 8.42 Å². The Hall–Kier alpha value is -2.54. The number of allylic oxidation sites excluding steroid dienone is 1. The van der Waals surface area contributed by atoms with Gasteiger partial charge in [0.25, 0.3) is 0 Å². The standard InChI is InChI=1S/C28H38N6O4S2/c35-14-16-40(36,37)32-22-5-6-24-25(18-22)33-12-8-23(9-13-33)38-15-2-4-20-3-1-11-34(19-20)26-17-21(7-10-29-26)27-30-31-28(24)39-27/h5-7,10,18,20-21,23,32,35H,1-4,8-9,11-17,19H2. The molecule has 2 unspecified atom stereocenters. The minimum Gasteiger partial charge on any atom is -0.395 e. The van der Waals surface area contributed by atoms with Gasteiger partial charge < -0.3 is 19.6 Å². The molecule has 8 bridgehead atoms. The van der Waals surface area contributed by atoms with E-state index in [0.29, 0.717) is 11.6 Å². The molecule has 2 fully saturated rings. The minimum absolute atomic E-state index is 0.137. The van der Waals surface area contributed by atoms with Crippen molar-refractivity contribution >= 4 is 38.6 Å². The van der Waals surface area contributed by atoms with Crippen molar-refractivity contribution in [1.82, 2.24) is 15.1 Å².